The fraction of sp³-hybridized carbons (Fsp3) is 0.667. The second kappa shape index (κ2) is 6.25. The number of hydrogen-bond acceptors (Lipinski definition) is 15. The summed E-state index contributed by atoms with van der Waals surface area (Å²) in [4.78, 5) is 20.1. The van der Waals surface area contributed by atoms with Gasteiger partial charge in [-0.25, -0.2) is 19.0 Å². The topological polar surface area (TPSA) is 289 Å². The van der Waals surface area contributed by atoms with Crippen LogP contribution >= 0.6 is 0 Å². The minimum Gasteiger partial charge on any atom is -0.420 e. The fourth-order valence-electron chi connectivity index (χ4n) is 3.35. The summed E-state index contributed by atoms with van der Waals surface area (Å²) in [6.45, 7) is -0.654. The van der Waals surface area contributed by atoms with Gasteiger partial charge in [0.1, 0.15) is 0 Å². The number of nitrogens with one attached hydrogen (secondary N) is 2. The summed E-state index contributed by atoms with van der Waals surface area (Å²) < 4.78 is 71.2. The Balaban J connectivity index is 2.01. The molecule has 1 spiro atoms. The molecule has 18 nitrogen and oxygen atoms in total. The second-order valence-electron chi connectivity index (χ2n) is 6.06. The second-order valence-corrected chi connectivity index (χ2v) is 8.26. The number of ether oxygens (including phenoxy) is 1. The van der Waals surface area contributed by atoms with Gasteiger partial charge in [0, 0.05) is 0 Å². The molecule has 1 fully saturated rings. The minimum absolute atomic E-state index is 0.436. The average Bonchev–Trinajstić information content (AvgIpc) is 2.94. The monoisotopic (exact) mass is 461 g/mol. The van der Waals surface area contributed by atoms with Crippen molar-refractivity contribution in [3.05, 3.63) is 0 Å². The van der Waals surface area contributed by atoms with Crippen LogP contribution in [0.15, 0.2) is 9.98 Å². The van der Waals surface area contributed by atoms with Gasteiger partial charge in [-0.2, -0.15) is 21.6 Å². The summed E-state index contributed by atoms with van der Waals surface area (Å²) in [6.07, 6.45) is -5.57. The van der Waals surface area contributed by atoms with Gasteiger partial charge in [-0.3, -0.25) is 9.11 Å². The van der Waals surface area contributed by atoms with Gasteiger partial charge in [0.15, 0.2) is 24.1 Å². The Bertz CT molecular complexity index is 1010. The molecule has 0 radical (unpaired) electrons. The van der Waals surface area contributed by atoms with Crippen LogP contribution in [0, 0.1) is 0 Å². The zero-order valence-electron chi connectivity index (χ0n) is 13.9. The molecule has 0 bridgehead atoms. The van der Waals surface area contributed by atoms with Gasteiger partial charge < -0.3 is 36.6 Å². The highest BCUT2D eigenvalue weighted by atomic mass is 32.3. The number of nitrogens with zero attached hydrogens (tertiary/aromatic N) is 3. The molecule has 4 atom stereocenters. The summed E-state index contributed by atoms with van der Waals surface area (Å²) in [5, 5.41) is 23.7. The Morgan fingerprint density at radius 3 is 2.41 bits per heavy atom. The van der Waals surface area contributed by atoms with Gasteiger partial charge in [-0.05, 0) is 0 Å². The number of nitrogens with two attached hydrogens (primary N) is 2. The summed E-state index contributed by atoms with van der Waals surface area (Å²) >= 11 is 0. The van der Waals surface area contributed by atoms with Crippen LogP contribution in [-0.4, -0.2) is 95.4 Å². The van der Waals surface area contributed by atoms with E-state index in [1.165, 1.54) is 0 Å². The molecule has 20 heteroatoms. The van der Waals surface area contributed by atoms with Gasteiger partial charge in [0.2, 0.25) is 17.7 Å². The van der Waals surface area contributed by atoms with E-state index in [1.54, 1.807) is 0 Å². The third-order valence-electron chi connectivity index (χ3n) is 4.29. The molecule has 0 aromatic rings. The molecule has 29 heavy (non-hydrogen) atoms. The smallest absolute Gasteiger partial charge is 0.420 e. The van der Waals surface area contributed by atoms with Gasteiger partial charge in [0.05, 0.1) is 6.54 Å². The normalized spacial score (nSPS) is 33.1. The van der Waals surface area contributed by atoms with Crippen LogP contribution in [-0.2, 0) is 29.6 Å². The Labute approximate surface area is 162 Å². The summed E-state index contributed by atoms with van der Waals surface area (Å²) in [7, 11) is -10.1. The molecule has 1 saturated heterocycles. The molecule has 3 aliphatic heterocycles. The molecule has 1 amide bonds. The lowest BCUT2D eigenvalue weighted by Gasteiger charge is -2.48. The van der Waals surface area contributed by atoms with E-state index in [-0.39, 0.29) is 0 Å². The number of carbonyl (C=O) groups is 1. The molecule has 3 heterocycles. The third kappa shape index (κ3) is 3.50. The van der Waals surface area contributed by atoms with E-state index in [2.05, 4.69) is 19.5 Å². The Kier molecular flexibility index (Phi) is 4.58. The predicted molar refractivity (Wildman–Crippen MR) is 88.1 cm³/mol. The number of carbonyl (C=O) groups excluding carboxylic acids is 1. The van der Waals surface area contributed by atoms with E-state index in [0.29, 0.717) is 0 Å². The Morgan fingerprint density at radius 2 is 1.86 bits per heavy atom. The number of hydrogen-bond donors (Lipinski definition) is 8. The molecule has 0 aromatic heterocycles. The van der Waals surface area contributed by atoms with Crippen LogP contribution in [0.5, 0.6) is 0 Å². The van der Waals surface area contributed by atoms with Gasteiger partial charge in [0.25, 0.3) is 0 Å². The van der Waals surface area contributed by atoms with Crippen LogP contribution in [0.1, 0.15) is 0 Å². The first-order chi connectivity index (χ1) is 13.1. The first-order valence-electron chi connectivity index (χ1n) is 7.35. The number of amides is 1. The van der Waals surface area contributed by atoms with Crippen LogP contribution < -0.4 is 21.5 Å². The third-order valence-corrected chi connectivity index (χ3v) is 5.19. The molecular formula is C9H15N7O11S2. The predicted octanol–water partition coefficient (Wildman–Crippen LogP) is -5.66. The maximum absolute atomic E-state index is 11.6. The molecule has 1 unspecified atom stereocenters. The highest BCUT2D eigenvalue weighted by Crippen LogP contribution is 2.46. The summed E-state index contributed by atoms with van der Waals surface area (Å²) in [5.41, 5.74) is 9.02. The Morgan fingerprint density at radius 1 is 1.24 bits per heavy atom. The highest BCUT2D eigenvalue weighted by Gasteiger charge is 2.75. The number of rotatable bonds is 4. The van der Waals surface area contributed by atoms with E-state index >= 15 is 0 Å². The molecule has 164 valence electrons. The van der Waals surface area contributed by atoms with Gasteiger partial charge in [-0.1, -0.05) is 0 Å². The van der Waals surface area contributed by atoms with E-state index in [1.807, 2.05) is 0 Å². The van der Waals surface area contributed by atoms with Crippen molar-refractivity contribution in [2.75, 3.05) is 6.54 Å². The van der Waals surface area contributed by atoms with E-state index < -0.39 is 75.1 Å². The van der Waals surface area contributed by atoms with E-state index in [0.717, 1.165) is 9.62 Å². The molecular weight excluding hydrogens is 446 g/mol. The lowest BCUT2D eigenvalue weighted by molar-refractivity contribution is -0.256. The lowest BCUT2D eigenvalue weighted by atomic mass is 9.89. The SMILES string of the molecule is NC1=N[C@H]2[C@@H](OC(=O)NS(=O)(=O)O)N=C(N)N3C[C@@H](OS(=O)(=O)O)C(O)(O)C23N1. The van der Waals surface area contributed by atoms with Crippen molar-refractivity contribution in [2.24, 2.45) is 21.5 Å². The average molecular weight is 461 g/mol. The van der Waals surface area contributed by atoms with Crippen molar-refractivity contribution >= 4 is 38.7 Å². The van der Waals surface area contributed by atoms with E-state index in [4.69, 9.17) is 25.3 Å². The van der Waals surface area contributed by atoms with Crippen LogP contribution in [0.2, 0.25) is 0 Å². The maximum atomic E-state index is 11.6. The fourth-order valence-corrected chi connectivity index (χ4v) is 4.10. The number of aliphatic imine (C=N–C) groups is 2. The van der Waals surface area contributed by atoms with Crippen molar-refractivity contribution in [1.82, 2.24) is 14.9 Å². The molecule has 3 aliphatic rings. The highest BCUT2D eigenvalue weighted by molar-refractivity contribution is 7.84. The molecule has 3 rings (SSSR count). The molecule has 0 aliphatic carbocycles. The molecule has 0 saturated carbocycles. The zero-order chi connectivity index (χ0) is 22.0. The summed E-state index contributed by atoms with van der Waals surface area (Å²) in [6, 6.07) is -1.62. The molecule has 10 N–H and O–H groups in total. The van der Waals surface area contributed by atoms with Crippen LogP contribution in [0.3, 0.4) is 0 Å². The summed E-state index contributed by atoms with van der Waals surface area (Å²) in [5.74, 6) is -4.16. The van der Waals surface area contributed by atoms with Crippen molar-refractivity contribution in [3.63, 3.8) is 0 Å². The Hall–Kier alpha value is -2.49. The zero-order valence-corrected chi connectivity index (χ0v) is 15.5. The number of aliphatic hydroxyl groups is 2. The first-order valence-corrected chi connectivity index (χ1v) is 10.2. The lowest BCUT2D eigenvalue weighted by Crippen LogP contribution is -2.77. The quantitative estimate of drug-likeness (QED) is 0.143. The van der Waals surface area contributed by atoms with Crippen molar-refractivity contribution in [1.29, 1.82) is 0 Å². The van der Waals surface area contributed by atoms with Crippen LogP contribution in [0.4, 0.5) is 4.79 Å². The van der Waals surface area contributed by atoms with Crippen molar-refractivity contribution in [2.45, 2.75) is 29.8 Å². The first kappa shape index (κ1) is 21.2. The van der Waals surface area contributed by atoms with Gasteiger partial charge in [-0.15, -0.1) is 0 Å². The molecule has 0 aromatic carbocycles. The number of guanidine groups is 2. The minimum atomic E-state index is -5.15. The van der Waals surface area contributed by atoms with Crippen LogP contribution in [0.25, 0.3) is 0 Å². The van der Waals surface area contributed by atoms with E-state index in [9.17, 15) is 31.8 Å². The van der Waals surface area contributed by atoms with Gasteiger partial charge >= 0.3 is 26.8 Å². The largest absolute Gasteiger partial charge is 0.424 e. The van der Waals surface area contributed by atoms with Crippen molar-refractivity contribution in [3.8, 4) is 0 Å². The maximum Gasteiger partial charge on any atom is 0.424 e. The standard InChI is InChI=1S/C9H15N7O11S2/c10-5-12-3-4(26-7(17)15-28(20,21)22)13-6(11)16-1-2(27-29(23,24)25)9(18,19)8(3,16)14-5/h2-4,18-19H,1H2,(H2,11,13)(H,15,17)(H3,10,12,14)(H,20,21,22)(H,23,24,25)/t2-,3+,4-,8?/m1/s1. The van der Waals surface area contributed by atoms with Crippen molar-refractivity contribution < 1.29 is 49.9 Å².